The highest BCUT2D eigenvalue weighted by atomic mass is 35.5. The summed E-state index contributed by atoms with van der Waals surface area (Å²) in [5.74, 6) is -0.555. The van der Waals surface area contributed by atoms with Crippen LogP contribution in [-0.2, 0) is 16.1 Å². The van der Waals surface area contributed by atoms with Crippen LogP contribution in [0.25, 0.3) is 0 Å². The SMILES string of the molecule is CCOC1CC(N)(C(=O)NCc2cccnc2OCC(F)(F)F)C1(C)C.Cl.Cl. The van der Waals surface area contributed by atoms with Gasteiger partial charge in [-0.05, 0) is 13.0 Å². The summed E-state index contributed by atoms with van der Waals surface area (Å²) in [4.78, 5) is 16.4. The molecule has 2 atom stereocenters. The molecule has 3 N–H and O–H groups in total. The van der Waals surface area contributed by atoms with Gasteiger partial charge < -0.3 is 20.5 Å². The van der Waals surface area contributed by atoms with Gasteiger partial charge in [0.1, 0.15) is 5.54 Å². The molecule has 0 radical (unpaired) electrons. The zero-order chi connectivity index (χ0) is 19.6. The summed E-state index contributed by atoms with van der Waals surface area (Å²) < 4.78 is 47.3. The summed E-state index contributed by atoms with van der Waals surface area (Å²) in [6, 6.07) is 3.09. The number of carbonyl (C=O) groups excluding carboxylic acids is 1. The molecule has 2 rings (SSSR count). The minimum Gasteiger partial charge on any atom is -0.468 e. The van der Waals surface area contributed by atoms with Gasteiger partial charge in [-0.3, -0.25) is 4.79 Å². The summed E-state index contributed by atoms with van der Waals surface area (Å²) in [6.07, 6.45) is -2.89. The van der Waals surface area contributed by atoms with Gasteiger partial charge in [-0.1, -0.05) is 19.9 Å². The van der Waals surface area contributed by atoms with Crippen molar-refractivity contribution in [3.8, 4) is 5.88 Å². The average Bonchev–Trinajstić information content (AvgIpc) is 2.57. The molecule has 2 unspecified atom stereocenters. The Balaban J connectivity index is 0.00000364. The highest BCUT2D eigenvalue weighted by molar-refractivity contribution is 5.88. The molecular weight excluding hydrogens is 422 g/mol. The van der Waals surface area contributed by atoms with Crippen LogP contribution in [0.3, 0.4) is 0 Å². The first-order valence-electron chi connectivity index (χ1n) is 8.33. The van der Waals surface area contributed by atoms with Crippen LogP contribution in [0.2, 0.25) is 0 Å². The third kappa shape index (κ3) is 5.62. The maximum absolute atomic E-state index is 12.6. The van der Waals surface area contributed by atoms with E-state index in [-0.39, 0.29) is 49.2 Å². The van der Waals surface area contributed by atoms with Gasteiger partial charge in [0.15, 0.2) is 6.61 Å². The smallest absolute Gasteiger partial charge is 0.422 e. The van der Waals surface area contributed by atoms with Crippen LogP contribution in [0.1, 0.15) is 32.8 Å². The Morgan fingerprint density at radius 3 is 2.57 bits per heavy atom. The lowest BCUT2D eigenvalue weighted by molar-refractivity contribution is -0.170. The molecule has 1 aliphatic carbocycles. The van der Waals surface area contributed by atoms with Crippen LogP contribution in [0, 0.1) is 5.41 Å². The number of hydrogen-bond acceptors (Lipinski definition) is 5. The van der Waals surface area contributed by atoms with E-state index < -0.39 is 23.7 Å². The molecule has 6 nitrogen and oxygen atoms in total. The number of nitrogens with zero attached hydrogens (tertiary/aromatic N) is 1. The molecule has 28 heavy (non-hydrogen) atoms. The Kier molecular flexibility index (Phi) is 9.50. The van der Waals surface area contributed by atoms with Crippen molar-refractivity contribution in [2.24, 2.45) is 11.1 Å². The Morgan fingerprint density at radius 2 is 2.04 bits per heavy atom. The number of carbonyl (C=O) groups is 1. The second kappa shape index (κ2) is 9.96. The number of nitrogens with two attached hydrogens (primary N) is 1. The van der Waals surface area contributed by atoms with Crippen molar-refractivity contribution < 1.29 is 27.4 Å². The number of pyridine rings is 1. The molecule has 1 amide bonds. The predicted molar refractivity (Wildman–Crippen MR) is 103 cm³/mol. The van der Waals surface area contributed by atoms with Gasteiger partial charge >= 0.3 is 6.18 Å². The van der Waals surface area contributed by atoms with E-state index in [1.165, 1.54) is 12.3 Å². The number of rotatable bonds is 7. The molecule has 11 heteroatoms. The standard InChI is InChI=1S/C17H24F3N3O3.2ClH/c1-4-25-12-8-16(21,15(12,2)3)14(24)23-9-11-6-5-7-22-13(11)26-10-17(18,19)20;;/h5-7,12H,4,8-10,21H2,1-3H3,(H,23,24);2*1H. The largest absolute Gasteiger partial charge is 0.468 e. The van der Waals surface area contributed by atoms with Gasteiger partial charge in [0.2, 0.25) is 11.8 Å². The van der Waals surface area contributed by atoms with E-state index in [4.69, 9.17) is 15.2 Å². The van der Waals surface area contributed by atoms with E-state index in [2.05, 4.69) is 10.3 Å². The lowest BCUT2D eigenvalue weighted by atomic mass is 9.54. The summed E-state index contributed by atoms with van der Waals surface area (Å²) >= 11 is 0. The molecule has 1 aliphatic rings. The molecule has 0 bridgehead atoms. The molecule has 0 aliphatic heterocycles. The summed E-state index contributed by atoms with van der Waals surface area (Å²) in [7, 11) is 0. The normalized spacial score (nSPS) is 22.9. The lowest BCUT2D eigenvalue weighted by Gasteiger charge is -2.57. The van der Waals surface area contributed by atoms with E-state index in [9.17, 15) is 18.0 Å². The summed E-state index contributed by atoms with van der Waals surface area (Å²) in [5.41, 5.74) is 4.95. The molecule has 0 spiro atoms. The highest BCUT2D eigenvalue weighted by Gasteiger charge is 2.62. The lowest BCUT2D eigenvalue weighted by Crippen LogP contribution is -2.75. The first-order valence-corrected chi connectivity index (χ1v) is 8.33. The van der Waals surface area contributed by atoms with Gasteiger partial charge in [0.25, 0.3) is 0 Å². The first kappa shape index (κ1) is 26.7. The van der Waals surface area contributed by atoms with Crippen molar-refractivity contribution in [1.29, 1.82) is 0 Å². The molecule has 1 aromatic heterocycles. The van der Waals surface area contributed by atoms with E-state index in [1.807, 2.05) is 20.8 Å². The van der Waals surface area contributed by atoms with E-state index >= 15 is 0 Å². The van der Waals surface area contributed by atoms with Crippen molar-refractivity contribution in [3.05, 3.63) is 23.9 Å². The van der Waals surface area contributed by atoms with Crippen LogP contribution in [0.5, 0.6) is 5.88 Å². The zero-order valence-electron chi connectivity index (χ0n) is 15.8. The van der Waals surface area contributed by atoms with E-state index in [0.29, 0.717) is 18.6 Å². The van der Waals surface area contributed by atoms with Crippen LogP contribution in [0.4, 0.5) is 13.2 Å². The topological polar surface area (TPSA) is 86.5 Å². The number of amides is 1. The highest BCUT2D eigenvalue weighted by Crippen LogP contribution is 2.49. The Morgan fingerprint density at radius 1 is 1.39 bits per heavy atom. The van der Waals surface area contributed by atoms with Gasteiger partial charge in [-0.25, -0.2) is 4.98 Å². The van der Waals surface area contributed by atoms with Crippen LogP contribution < -0.4 is 15.8 Å². The molecule has 0 aromatic carbocycles. The van der Waals surface area contributed by atoms with Gasteiger partial charge in [-0.2, -0.15) is 13.2 Å². The molecule has 1 aromatic rings. The maximum atomic E-state index is 12.6. The first-order chi connectivity index (χ1) is 12.0. The molecular formula is C17H26Cl2F3N3O3. The number of alkyl halides is 3. The van der Waals surface area contributed by atoms with Gasteiger partial charge in [0, 0.05) is 36.7 Å². The number of nitrogens with one attached hydrogen (secondary N) is 1. The van der Waals surface area contributed by atoms with Gasteiger partial charge in [0.05, 0.1) is 6.10 Å². The van der Waals surface area contributed by atoms with E-state index in [1.54, 1.807) is 6.07 Å². The molecule has 162 valence electrons. The van der Waals surface area contributed by atoms with Crippen molar-refractivity contribution in [2.75, 3.05) is 13.2 Å². The van der Waals surface area contributed by atoms with Crippen LogP contribution in [-0.4, -0.2) is 41.9 Å². The predicted octanol–water partition coefficient (Wildman–Crippen LogP) is 3.02. The second-order valence-electron chi connectivity index (χ2n) is 6.90. The maximum Gasteiger partial charge on any atom is 0.422 e. The zero-order valence-corrected chi connectivity index (χ0v) is 17.5. The number of halogens is 5. The van der Waals surface area contributed by atoms with E-state index in [0.717, 1.165) is 0 Å². The monoisotopic (exact) mass is 447 g/mol. The summed E-state index contributed by atoms with van der Waals surface area (Å²) in [6.45, 7) is 4.64. The number of ether oxygens (including phenoxy) is 2. The Bertz CT molecular complexity index is 662. The quantitative estimate of drug-likeness (QED) is 0.670. The van der Waals surface area contributed by atoms with Crippen LogP contribution in [0.15, 0.2) is 18.3 Å². The van der Waals surface area contributed by atoms with Crippen molar-refractivity contribution in [1.82, 2.24) is 10.3 Å². The fraction of sp³-hybridized carbons (Fsp3) is 0.647. The third-order valence-electron chi connectivity index (χ3n) is 4.90. The van der Waals surface area contributed by atoms with Crippen molar-refractivity contribution in [3.63, 3.8) is 0 Å². The van der Waals surface area contributed by atoms with Crippen molar-refractivity contribution >= 4 is 30.7 Å². The third-order valence-corrected chi connectivity index (χ3v) is 4.90. The average molecular weight is 448 g/mol. The minimum atomic E-state index is -4.47. The van der Waals surface area contributed by atoms with Gasteiger partial charge in [-0.15, -0.1) is 24.8 Å². The Hall–Kier alpha value is -1.29. The number of aromatic nitrogens is 1. The molecule has 1 saturated carbocycles. The fourth-order valence-corrected chi connectivity index (χ4v) is 2.99. The molecule has 1 heterocycles. The molecule has 0 saturated heterocycles. The second-order valence-corrected chi connectivity index (χ2v) is 6.90. The fourth-order valence-electron chi connectivity index (χ4n) is 2.99. The summed E-state index contributed by atoms with van der Waals surface area (Å²) in [5, 5.41) is 2.68. The minimum absolute atomic E-state index is 0. The van der Waals surface area contributed by atoms with Crippen molar-refractivity contribution in [2.45, 2.75) is 51.6 Å². The molecule has 1 fully saturated rings. The number of hydrogen-bond donors (Lipinski definition) is 2. The Labute approximate surface area is 174 Å². The van der Waals surface area contributed by atoms with Crippen LogP contribution >= 0.6 is 24.8 Å².